The molecule has 0 aromatic heterocycles. The topological polar surface area (TPSA) is 57.5 Å². The lowest BCUT2D eigenvalue weighted by Gasteiger charge is -2.60. The van der Waals surface area contributed by atoms with Crippen LogP contribution >= 0.6 is 8.69 Å². The van der Waals surface area contributed by atoms with Crippen molar-refractivity contribution in [2.24, 2.45) is 46.3 Å². The zero-order chi connectivity index (χ0) is 19.8. The molecule has 2 N–H and O–H groups in total. The molecule has 0 heterocycles. The number of rotatable bonds is 2. The molecular weight excluding hydrogens is 362 g/mol. The molecule has 9 atom stereocenters. The maximum absolute atomic E-state index is 14.5. The summed E-state index contributed by atoms with van der Waals surface area (Å²) >= 11 is 0. The molecule has 27 heavy (non-hydrogen) atoms. The molecule has 0 bridgehead atoms. The molecule has 0 aliphatic heterocycles. The Balaban J connectivity index is 0.000000659. The van der Waals surface area contributed by atoms with E-state index in [9.17, 15) is 9.50 Å². The van der Waals surface area contributed by atoms with Crippen LogP contribution in [0.1, 0.15) is 72.1 Å². The van der Waals surface area contributed by atoms with Gasteiger partial charge in [0.1, 0.15) is 0 Å². The molecule has 5 heteroatoms. The minimum Gasteiger partial charge on any atom is -0.396 e. The fourth-order valence-corrected chi connectivity index (χ4v) is 8.03. The third-order valence-electron chi connectivity index (χ3n) is 9.27. The molecule has 4 aliphatic rings. The third kappa shape index (κ3) is 3.49. The fraction of sp³-hybridized carbons (Fsp3) is 0.909. The molecule has 0 aromatic rings. The van der Waals surface area contributed by atoms with Crippen LogP contribution < -0.4 is 0 Å². The van der Waals surface area contributed by atoms with Gasteiger partial charge in [0.15, 0.2) is 8.69 Å². The van der Waals surface area contributed by atoms with Gasteiger partial charge in [0.2, 0.25) is 0 Å². The number of aliphatic hydroxyl groups is 1. The molecule has 0 saturated heterocycles. The number of fused-ring (bicyclic) bond motifs is 5. The monoisotopic (exact) mass is 400 g/mol. The molecule has 1 unspecified atom stereocenters. The van der Waals surface area contributed by atoms with E-state index in [0.717, 1.165) is 30.6 Å². The second kappa shape index (κ2) is 8.28. The van der Waals surface area contributed by atoms with Gasteiger partial charge >= 0.3 is 0 Å². The van der Waals surface area contributed by atoms with Gasteiger partial charge in [-0.3, -0.25) is 4.57 Å². The Morgan fingerprint density at radius 3 is 2.48 bits per heavy atom. The molecular formula is C22H38FO3P. The van der Waals surface area contributed by atoms with Crippen molar-refractivity contribution in [3.8, 4) is 0 Å². The summed E-state index contributed by atoms with van der Waals surface area (Å²) in [4.78, 5) is 7.10. The lowest BCUT2D eigenvalue weighted by atomic mass is 9.45. The zero-order valence-electron chi connectivity index (χ0n) is 17.2. The van der Waals surface area contributed by atoms with Crippen LogP contribution in [0.2, 0.25) is 0 Å². The first-order valence-corrected chi connectivity index (χ1v) is 11.9. The molecule has 0 spiro atoms. The van der Waals surface area contributed by atoms with Crippen LogP contribution in [0.3, 0.4) is 0 Å². The Hall–Kier alpha value is -0.180. The van der Waals surface area contributed by atoms with Gasteiger partial charge in [-0.25, -0.2) is 4.39 Å². The van der Waals surface area contributed by atoms with E-state index in [-0.39, 0.29) is 17.2 Å². The number of hydrogen-bond acceptors (Lipinski definition) is 2. The largest absolute Gasteiger partial charge is 0.396 e. The number of allylic oxidation sites excluding steroid dienone is 2. The van der Waals surface area contributed by atoms with Crippen molar-refractivity contribution >= 4 is 8.69 Å². The van der Waals surface area contributed by atoms with Crippen molar-refractivity contribution < 1.29 is 19.0 Å². The van der Waals surface area contributed by atoms with Crippen molar-refractivity contribution in [1.82, 2.24) is 0 Å². The van der Waals surface area contributed by atoms with Gasteiger partial charge in [0.05, 0.1) is 5.83 Å². The van der Waals surface area contributed by atoms with Gasteiger partial charge in [-0.15, -0.1) is 0 Å². The van der Waals surface area contributed by atoms with E-state index in [1.165, 1.54) is 38.5 Å². The Labute approximate surface area is 165 Å². The first-order valence-electron chi connectivity index (χ1n) is 10.9. The zero-order valence-corrected chi connectivity index (χ0v) is 18.3. The van der Waals surface area contributed by atoms with E-state index in [1.54, 1.807) is 0 Å². The number of hydrogen-bond donors (Lipinski definition) is 2. The molecule has 0 radical (unpaired) electrons. The minimum absolute atomic E-state index is 0.198. The molecule has 3 saturated carbocycles. The number of aliphatic hydroxyl groups excluding tert-OH is 1. The van der Waals surface area contributed by atoms with Gasteiger partial charge in [-0.1, -0.05) is 26.8 Å². The minimum atomic E-state index is -1.50. The Morgan fingerprint density at radius 2 is 1.81 bits per heavy atom. The molecule has 3 nitrogen and oxygen atoms in total. The third-order valence-corrected chi connectivity index (χ3v) is 9.27. The summed E-state index contributed by atoms with van der Waals surface area (Å²) < 4.78 is 23.1. The average molecular weight is 401 g/mol. The van der Waals surface area contributed by atoms with Crippen LogP contribution in [0, 0.1) is 46.3 Å². The highest BCUT2D eigenvalue weighted by atomic mass is 31.1. The van der Waals surface area contributed by atoms with E-state index in [2.05, 4.69) is 20.8 Å². The van der Waals surface area contributed by atoms with Crippen LogP contribution in [-0.4, -0.2) is 16.6 Å². The summed E-state index contributed by atoms with van der Waals surface area (Å²) in [5.41, 5.74) is 0.610. The summed E-state index contributed by atoms with van der Waals surface area (Å²) in [7, 11) is -1.50. The van der Waals surface area contributed by atoms with Crippen LogP contribution in [-0.2, 0) is 4.57 Å². The van der Waals surface area contributed by atoms with Crippen LogP contribution in [0.15, 0.2) is 11.9 Å². The first kappa shape index (κ1) is 21.5. The van der Waals surface area contributed by atoms with Crippen molar-refractivity contribution in [2.75, 3.05) is 6.61 Å². The summed E-state index contributed by atoms with van der Waals surface area (Å²) in [6, 6.07) is 0. The van der Waals surface area contributed by atoms with Crippen molar-refractivity contribution in [3.05, 3.63) is 11.9 Å². The summed E-state index contributed by atoms with van der Waals surface area (Å²) in [6.45, 7) is 7.50. The maximum Gasteiger partial charge on any atom is 0.177 e. The van der Waals surface area contributed by atoms with E-state index in [0.29, 0.717) is 23.9 Å². The van der Waals surface area contributed by atoms with Crippen LogP contribution in [0.4, 0.5) is 4.39 Å². The summed E-state index contributed by atoms with van der Waals surface area (Å²) in [6.07, 6.45) is 11.5. The highest BCUT2D eigenvalue weighted by molar-refractivity contribution is 7.16. The SMILES string of the molecule is C[C@H](CO)[C@H]1CC[C@H]2[C@@H]3CC[C@H]4C(F)=CCC[C@]4(C)[C@H]3CC[C@]12C.O=[PH2]O. The first-order chi connectivity index (χ1) is 12.8. The predicted octanol–water partition coefficient (Wildman–Crippen LogP) is 5.39. The number of halogens is 1. The normalized spacial score (nSPS) is 47.3. The molecule has 4 rings (SSSR count). The Morgan fingerprint density at radius 1 is 1.15 bits per heavy atom. The highest BCUT2D eigenvalue weighted by Crippen LogP contribution is 2.68. The Kier molecular flexibility index (Phi) is 6.60. The van der Waals surface area contributed by atoms with E-state index in [4.69, 9.17) is 9.46 Å². The van der Waals surface area contributed by atoms with Crippen molar-refractivity contribution in [1.29, 1.82) is 0 Å². The van der Waals surface area contributed by atoms with E-state index in [1.807, 2.05) is 6.08 Å². The lowest BCUT2D eigenvalue weighted by molar-refractivity contribution is -0.103. The van der Waals surface area contributed by atoms with Gasteiger partial charge in [0.25, 0.3) is 0 Å². The summed E-state index contributed by atoms with van der Waals surface area (Å²) in [5, 5.41) is 9.71. The smallest absolute Gasteiger partial charge is 0.177 e. The lowest BCUT2D eigenvalue weighted by Crippen LogP contribution is -2.53. The second-order valence-electron chi connectivity index (χ2n) is 10.1. The standard InChI is InChI=1S/C22H35FO.H3O2P/c1-14(13-24)16-8-9-17-15-6-7-19-20(23)5-4-11-21(19,2)18(15)10-12-22(16,17)3;1-3-2/h5,14-19,24H,4,6-13H2,1-3H3;3H2,(H,1,2)/t14-,15+,16-,17+,18+,19+,21-,22-;/m1./s1. The molecule has 3 fully saturated rings. The van der Waals surface area contributed by atoms with E-state index >= 15 is 0 Å². The second-order valence-corrected chi connectivity index (χ2v) is 10.3. The highest BCUT2D eigenvalue weighted by Gasteiger charge is 2.60. The maximum atomic E-state index is 14.5. The average Bonchev–Trinajstić information content (AvgIpc) is 2.99. The van der Waals surface area contributed by atoms with Crippen LogP contribution in [0.5, 0.6) is 0 Å². The van der Waals surface area contributed by atoms with Gasteiger partial charge in [0, 0.05) is 12.5 Å². The van der Waals surface area contributed by atoms with Crippen molar-refractivity contribution in [2.45, 2.75) is 72.1 Å². The van der Waals surface area contributed by atoms with Gasteiger partial charge < -0.3 is 10.00 Å². The fourth-order valence-electron chi connectivity index (χ4n) is 8.03. The Bertz CT molecular complexity index is 582. The van der Waals surface area contributed by atoms with E-state index < -0.39 is 8.69 Å². The van der Waals surface area contributed by atoms with Crippen molar-refractivity contribution in [3.63, 3.8) is 0 Å². The van der Waals surface area contributed by atoms with Crippen LogP contribution in [0.25, 0.3) is 0 Å². The van der Waals surface area contributed by atoms with Gasteiger partial charge in [-0.2, -0.15) is 0 Å². The molecule has 156 valence electrons. The predicted molar refractivity (Wildman–Crippen MR) is 109 cm³/mol. The molecule has 4 aliphatic carbocycles. The summed E-state index contributed by atoms with van der Waals surface area (Å²) in [5.74, 6) is 3.84. The quantitative estimate of drug-likeness (QED) is 0.611. The van der Waals surface area contributed by atoms with Gasteiger partial charge in [-0.05, 0) is 91.8 Å². The molecule has 0 aromatic carbocycles. The molecule has 0 amide bonds.